The number of benzene rings is 1. The lowest BCUT2D eigenvalue weighted by molar-refractivity contribution is 0.0922. The summed E-state index contributed by atoms with van der Waals surface area (Å²) in [6.45, 7) is 3.31. The zero-order chi connectivity index (χ0) is 13.6. The lowest BCUT2D eigenvalue weighted by atomic mass is 10.2. The van der Waals surface area contributed by atoms with Gasteiger partial charge in [-0.1, -0.05) is 0 Å². The number of sulfonamides is 1. The SMILES string of the molecule is CCOCCNC(=O)c1ccc(S(N)(=O)=O)cc1. The molecule has 0 aliphatic carbocycles. The second-order valence-electron chi connectivity index (χ2n) is 3.52. The fraction of sp³-hybridized carbons (Fsp3) is 0.364. The molecule has 0 fully saturated rings. The summed E-state index contributed by atoms with van der Waals surface area (Å²) in [4.78, 5) is 11.6. The molecule has 0 radical (unpaired) electrons. The van der Waals surface area contributed by atoms with Gasteiger partial charge < -0.3 is 10.1 Å². The molecule has 0 bridgehead atoms. The van der Waals surface area contributed by atoms with Crippen molar-refractivity contribution in [3.8, 4) is 0 Å². The van der Waals surface area contributed by atoms with E-state index in [1.807, 2.05) is 6.92 Å². The second kappa shape index (κ2) is 6.48. The maximum Gasteiger partial charge on any atom is 0.251 e. The minimum Gasteiger partial charge on any atom is -0.380 e. The van der Waals surface area contributed by atoms with Crippen LogP contribution in [0.5, 0.6) is 0 Å². The van der Waals surface area contributed by atoms with E-state index in [9.17, 15) is 13.2 Å². The van der Waals surface area contributed by atoms with Crippen LogP contribution in [0.1, 0.15) is 17.3 Å². The summed E-state index contributed by atoms with van der Waals surface area (Å²) in [6.07, 6.45) is 0. The minimum atomic E-state index is -3.72. The van der Waals surface area contributed by atoms with Gasteiger partial charge in [0.25, 0.3) is 5.91 Å². The van der Waals surface area contributed by atoms with E-state index in [-0.39, 0.29) is 10.8 Å². The van der Waals surface area contributed by atoms with Gasteiger partial charge in [-0.05, 0) is 31.2 Å². The molecule has 18 heavy (non-hydrogen) atoms. The van der Waals surface area contributed by atoms with Crippen LogP contribution in [0.25, 0.3) is 0 Å². The molecular weight excluding hydrogens is 256 g/mol. The number of carbonyl (C=O) groups excluding carboxylic acids is 1. The first kappa shape index (κ1) is 14.6. The summed E-state index contributed by atoms with van der Waals surface area (Å²) in [5.41, 5.74) is 0.374. The van der Waals surface area contributed by atoms with Gasteiger partial charge in [-0.2, -0.15) is 0 Å². The molecule has 0 saturated carbocycles. The van der Waals surface area contributed by atoms with E-state index < -0.39 is 10.0 Å². The molecule has 1 aromatic rings. The van der Waals surface area contributed by atoms with Gasteiger partial charge in [0.15, 0.2) is 0 Å². The van der Waals surface area contributed by atoms with Crippen molar-refractivity contribution in [1.29, 1.82) is 0 Å². The van der Waals surface area contributed by atoms with E-state index in [0.29, 0.717) is 25.3 Å². The number of carbonyl (C=O) groups is 1. The highest BCUT2D eigenvalue weighted by Gasteiger charge is 2.09. The van der Waals surface area contributed by atoms with E-state index in [1.165, 1.54) is 24.3 Å². The molecule has 0 atom stereocenters. The summed E-state index contributed by atoms with van der Waals surface area (Å²) in [5.74, 6) is -0.282. The summed E-state index contributed by atoms with van der Waals surface area (Å²) >= 11 is 0. The van der Waals surface area contributed by atoms with E-state index in [1.54, 1.807) is 0 Å². The highest BCUT2D eigenvalue weighted by molar-refractivity contribution is 7.89. The Bertz CT molecular complexity index is 496. The molecule has 0 unspecified atom stereocenters. The van der Waals surface area contributed by atoms with Crippen LogP contribution < -0.4 is 10.5 Å². The van der Waals surface area contributed by atoms with Gasteiger partial charge in [0.05, 0.1) is 11.5 Å². The average Bonchev–Trinajstić information content (AvgIpc) is 2.33. The molecule has 1 amide bonds. The van der Waals surface area contributed by atoms with Crippen molar-refractivity contribution in [2.45, 2.75) is 11.8 Å². The topological polar surface area (TPSA) is 98.5 Å². The van der Waals surface area contributed by atoms with E-state index >= 15 is 0 Å². The maximum absolute atomic E-state index is 11.6. The lowest BCUT2D eigenvalue weighted by Crippen LogP contribution is -2.27. The van der Waals surface area contributed by atoms with Crippen molar-refractivity contribution in [2.75, 3.05) is 19.8 Å². The molecule has 1 aromatic carbocycles. The van der Waals surface area contributed by atoms with Crippen molar-refractivity contribution in [2.24, 2.45) is 5.14 Å². The van der Waals surface area contributed by atoms with Crippen molar-refractivity contribution < 1.29 is 17.9 Å². The Morgan fingerprint density at radius 2 is 1.94 bits per heavy atom. The minimum absolute atomic E-state index is 0.0200. The number of primary sulfonamides is 1. The Morgan fingerprint density at radius 3 is 2.44 bits per heavy atom. The summed E-state index contributed by atoms with van der Waals surface area (Å²) in [6, 6.07) is 5.42. The standard InChI is InChI=1S/C11H16N2O4S/c1-2-17-8-7-13-11(14)9-3-5-10(6-4-9)18(12,15)16/h3-6H,2,7-8H2,1H3,(H,13,14)(H2,12,15,16). The van der Waals surface area contributed by atoms with Gasteiger partial charge in [-0.25, -0.2) is 13.6 Å². The molecule has 0 aliphatic heterocycles. The highest BCUT2D eigenvalue weighted by Crippen LogP contribution is 2.08. The Morgan fingerprint density at radius 1 is 1.33 bits per heavy atom. The molecule has 0 aliphatic rings. The molecular formula is C11H16N2O4S. The van der Waals surface area contributed by atoms with Crippen LogP contribution in [-0.4, -0.2) is 34.1 Å². The monoisotopic (exact) mass is 272 g/mol. The van der Waals surface area contributed by atoms with Crippen molar-refractivity contribution in [1.82, 2.24) is 5.32 Å². The Hall–Kier alpha value is -1.44. The van der Waals surface area contributed by atoms with Crippen LogP contribution in [0.3, 0.4) is 0 Å². The maximum atomic E-state index is 11.6. The van der Waals surface area contributed by atoms with Crippen molar-refractivity contribution in [3.05, 3.63) is 29.8 Å². The first-order chi connectivity index (χ1) is 8.45. The van der Waals surface area contributed by atoms with Gasteiger partial charge in [0, 0.05) is 18.7 Å². The molecule has 3 N–H and O–H groups in total. The van der Waals surface area contributed by atoms with Gasteiger partial charge in [0.2, 0.25) is 10.0 Å². The van der Waals surface area contributed by atoms with E-state index in [0.717, 1.165) is 0 Å². The quantitative estimate of drug-likeness (QED) is 0.717. The highest BCUT2D eigenvalue weighted by atomic mass is 32.2. The largest absolute Gasteiger partial charge is 0.380 e. The third kappa shape index (κ3) is 4.44. The number of amides is 1. The van der Waals surface area contributed by atoms with Gasteiger partial charge >= 0.3 is 0 Å². The van der Waals surface area contributed by atoms with Crippen molar-refractivity contribution >= 4 is 15.9 Å². The Balaban J connectivity index is 2.60. The zero-order valence-corrected chi connectivity index (χ0v) is 10.9. The smallest absolute Gasteiger partial charge is 0.251 e. The molecule has 0 aromatic heterocycles. The Labute approximate surface area is 106 Å². The number of ether oxygens (including phenoxy) is 1. The number of nitrogens with one attached hydrogen (secondary N) is 1. The number of hydrogen-bond acceptors (Lipinski definition) is 4. The fourth-order valence-electron chi connectivity index (χ4n) is 1.28. The van der Waals surface area contributed by atoms with Crippen molar-refractivity contribution in [3.63, 3.8) is 0 Å². The number of nitrogens with two attached hydrogens (primary N) is 1. The Kier molecular flexibility index (Phi) is 5.26. The molecule has 0 saturated heterocycles. The fourth-order valence-corrected chi connectivity index (χ4v) is 1.79. The zero-order valence-electron chi connectivity index (χ0n) is 10.0. The van der Waals surface area contributed by atoms with Crippen LogP contribution in [-0.2, 0) is 14.8 Å². The molecule has 7 heteroatoms. The predicted octanol–water partition coefficient (Wildman–Crippen LogP) is 0.100. The van der Waals surface area contributed by atoms with Crippen LogP contribution in [0.15, 0.2) is 29.2 Å². The third-order valence-electron chi connectivity index (χ3n) is 2.18. The van der Waals surface area contributed by atoms with E-state index in [2.05, 4.69) is 5.32 Å². The van der Waals surface area contributed by atoms with Crippen LogP contribution >= 0.6 is 0 Å². The molecule has 1 rings (SSSR count). The summed E-state index contributed by atoms with van der Waals surface area (Å²) in [7, 11) is -3.72. The molecule has 0 spiro atoms. The van der Waals surface area contributed by atoms with Gasteiger partial charge in [0.1, 0.15) is 0 Å². The van der Waals surface area contributed by atoms with E-state index in [4.69, 9.17) is 9.88 Å². The predicted molar refractivity (Wildman–Crippen MR) is 66.6 cm³/mol. The van der Waals surface area contributed by atoms with Crippen LogP contribution in [0.2, 0.25) is 0 Å². The lowest BCUT2D eigenvalue weighted by Gasteiger charge is -2.05. The third-order valence-corrected chi connectivity index (χ3v) is 3.11. The number of hydrogen-bond donors (Lipinski definition) is 2. The van der Waals surface area contributed by atoms with Gasteiger partial charge in [-0.15, -0.1) is 0 Å². The molecule has 100 valence electrons. The normalized spacial score (nSPS) is 11.2. The number of rotatable bonds is 6. The van der Waals surface area contributed by atoms with Crippen LogP contribution in [0, 0.1) is 0 Å². The summed E-state index contributed by atoms with van der Waals surface area (Å²) < 4.78 is 27.1. The first-order valence-electron chi connectivity index (χ1n) is 5.44. The molecule has 6 nitrogen and oxygen atoms in total. The van der Waals surface area contributed by atoms with Gasteiger partial charge in [-0.3, -0.25) is 4.79 Å². The first-order valence-corrected chi connectivity index (χ1v) is 6.98. The molecule has 0 heterocycles. The van der Waals surface area contributed by atoms with Crippen LogP contribution in [0.4, 0.5) is 0 Å². The summed E-state index contributed by atoms with van der Waals surface area (Å²) in [5, 5.41) is 7.60. The second-order valence-corrected chi connectivity index (χ2v) is 5.08. The average molecular weight is 272 g/mol.